The van der Waals surface area contributed by atoms with Gasteiger partial charge in [0, 0.05) is 22.3 Å². The smallest absolute Gasteiger partial charge is 0.270 e. The van der Waals surface area contributed by atoms with Crippen molar-refractivity contribution in [1.29, 1.82) is 0 Å². The van der Waals surface area contributed by atoms with E-state index in [2.05, 4.69) is 5.32 Å². The normalized spacial score (nSPS) is 22.3. The van der Waals surface area contributed by atoms with Crippen molar-refractivity contribution in [1.82, 2.24) is 5.32 Å². The van der Waals surface area contributed by atoms with Crippen molar-refractivity contribution in [3.8, 4) is 0 Å². The topological polar surface area (TPSA) is 81.5 Å². The molecule has 0 bridgehead atoms. The van der Waals surface area contributed by atoms with Crippen LogP contribution in [0.5, 0.6) is 0 Å². The third-order valence-corrected chi connectivity index (χ3v) is 4.20. The summed E-state index contributed by atoms with van der Waals surface area (Å²) in [5.74, 6) is -0.300. The van der Waals surface area contributed by atoms with E-state index in [4.69, 9.17) is 4.74 Å². The van der Waals surface area contributed by atoms with Crippen LogP contribution in [-0.2, 0) is 4.74 Å². The lowest BCUT2D eigenvalue weighted by Crippen LogP contribution is -2.51. The van der Waals surface area contributed by atoms with Crippen LogP contribution in [-0.4, -0.2) is 29.6 Å². The van der Waals surface area contributed by atoms with E-state index in [1.807, 2.05) is 29.5 Å². The zero-order valence-electron chi connectivity index (χ0n) is 11.0. The van der Waals surface area contributed by atoms with Gasteiger partial charge in [-0.2, -0.15) is 0 Å². The fourth-order valence-corrected chi connectivity index (χ4v) is 2.76. The third-order valence-electron chi connectivity index (χ3n) is 3.26. The molecule has 1 aromatic carbocycles. The predicted molar refractivity (Wildman–Crippen MR) is 81.7 cm³/mol. The predicted octanol–water partition coefficient (Wildman–Crippen LogP) is 2.50. The number of carbonyl (C=O) groups is 1. The molecule has 20 heavy (non-hydrogen) atoms. The number of hydrogen-bond donors (Lipinski definition) is 1. The number of halogens is 1. The van der Waals surface area contributed by atoms with Crippen molar-refractivity contribution in [2.75, 3.05) is 13.2 Å². The van der Waals surface area contributed by atoms with E-state index in [1.165, 1.54) is 12.1 Å². The molecule has 108 valence electrons. The second-order valence-corrected chi connectivity index (χ2v) is 6.25. The number of benzene rings is 1. The van der Waals surface area contributed by atoms with Crippen LogP contribution in [0.25, 0.3) is 0 Å². The molecule has 1 unspecified atom stereocenters. The summed E-state index contributed by atoms with van der Waals surface area (Å²) in [5, 5.41) is 13.7. The summed E-state index contributed by atoms with van der Waals surface area (Å²) in [7, 11) is 0. The standard InChI is InChI=1S/C13H15IN2O4/c1-13(5-2-6-20-8-13)15-12(17)10-7-9(16(18)19)3-4-11(10)14/h3-4,7H,2,5-6,8H2,1H3,(H,15,17). The molecular formula is C13H15IN2O4. The number of nitrogens with one attached hydrogen (secondary N) is 1. The highest BCUT2D eigenvalue weighted by atomic mass is 127. The van der Waals surface area contributed by atoms with Gasteiger partial charge in [-0.25, -0.2) is 0 Å². The molecule has 2 rings (SSSR count). The summed E-state index contributed by atoms with van der Waals surface area (Å²) in [4.78, 5) is 22.6. The van der Waals surface area contributed by atoms with Crippen molar-refractivity contribution in [2.24, 2.45) is 0 Å². The van der Waals surface area contributed by atoms with E-state index in [1.54, 1.807) is 6.07 Å². The van der Waals surface area contributed by atoms with Crippen LogP contribution in [0.4, 0.5) is 5.69 Å². The second-order valence-electron chi connectivity index (χ2n) is 5.09. The Labute approximate surface area is 130 Å². The van der Waals surface area contributed by atoms with Crippen LogP contribution in [0.3, 0.4) is 0 Å². The van der Waals surface area contributed by atoms with E-state index in [0.29, 0.717) is 22.3 Å². The SMILES string of the molecule is CC1(NC(=O)c2cc([N+](=O)[O-])ccc2I)CCCOC1. The molecule has 0 aliphatic carbocycles. The quantitative estimate of drug-likeness (QED) is 0.489. The van der Waals surface area contributed by atoms with Crippen molar-refractivity contribution >= 4 is 34.2 Å². The van der Waals surface area contributed by atoms with Gasteiger partial charge in [-0.1, -0.05) is 0 Å². The Morgan fingerprint density at radius 2 is 2.30 bits per heavy atom. The van der Waals surface area contributed by atoms with Crippen LogP contribution < -0.4 is 5.32 Å². The fraction of sp³-hybridized carbons (Fsp3) is 0.462. The second kappa shape index (κ2) is 6.04. The van der Waals surface area contributed by atoms with Gasteiger partial charge >= 0.3 is 0 Å². The number of carbonyl (C=O) groups excluding carboxylic acids is 1. The molecule has 1 heterocycles. The average Bonchev–Trinajstić information content (AvgIpc) is 2.39. The molecule has 1 saturated heterocycles. The molecule has 1 aliphatic rings. The zero-order chi connectivity index (χ0) is 14.8. The molecule has 0 radical (unpaired) electrons. The molecule has 1 N–H and O–H groups in total. The molecule has 1 aromatic rings. The van der Waals surface area contributed by atoms with Crippen molar-refractivity contribution in [3.05, 3.63) is 37.4 Å². The zero-order valence-corrected chi connectivity index (χ0v) is 13.2. The molecule has 7 heteroatoms. The van der Waals surface area contributed by atoms with Crippen LogP contribution in [0.2, 0.25) is 0 Å². The Balaban J connectivity index is 2.20. The maximum Gasteiger partial charge on any atom is 0.270 e. The first kappa shape index (κ1) is 15.2. The number of nitro groups is 1. The lowest BCUT2D eigenvalue weighted by atomic mass is 9.94. The first-order chi connectivity index (χ1) is 9.41. The van der Waals surface area contributed by atoms with E-state index in [9.17, 15) is 14.9 Å². The van der Waals surface area contributed by atoms with Gasteiger partial charge in [-0.3, -0.25) is 14.9 Å². The van der Waals surface area contributed by atoms with Gasteiger partial charge < -0.3 is 10.1 Å². The summed E-state index contributed by atoms with van der Waals surface area (Å²) in [6, 6.07) is 4.28. The van der Waals surface area contributed by atoms with Crippen LogP contribution in [0.15, 0.2) is 18.2 Å². The van der Waals surface area contributed by atoms with Gasteiger partial charge in [-0.15, -0.1) is 0 Å². The van der Waals surface area contributed by atoms with Gasteiger partial charge in [0.15, 0.2) is 0 Å². The number of hydrogen-bond acceptors (Lipinski definition) is 4. The maximum atomic E-state index is 12.3. The minimum atomic E-state index is -0.502. The summed E-state index contributed by atoms with van der Waals surface area (Å²) < 4.78 is 6.08. The Bertz CT molecular complexity index is 541. The number of nitrogens with zero attached hydrogens (tertiary/aromatic N) is 1. The van der Waals surface area contributed by atoms with Crippen molar-refractivity contribution in [3.63, 3.8) is 0 Å². The summed E-state index contributed by atoms with van der Waals surface area (Å²) >= 11 is 2.00. The van der Waals surface area contributed by atoms with E-state index >= 15 is 0 Å². The monoisotopic (exact) mass is 390 g/mol. The van der Waals surface area contributed by atoms with Gasteiger partial charge in [-0.05, 0) is 48.4 Å². The van der Waals surface area contributed by atoms with E-state index < -0.39 is 10.5 Å². The Morgan fingerprint density at radius 3 is 2.90 bits per heavy atom. The van der Waals surface area contributed by atoms with Gasteiger partial charge in [0.05, 0.1) is 22.6 Å². The van der Waals surface area contributed by atoms with Gasteiger partial charge in [0.25, 0.3) is 11.6 Å². The highest BCUT2D eigenvalue weighted by molar-refractivity contribution is 14.1. The lowest BCUT2D eigenvalue weighted by Gasteiger charge is -2.34. The molecule has 1 aliphatic heterocycles. The number of non-ortho nitro benzene ring substituents is 1. The molecule has 0 saturated carbocycles. The van der Waals surface area contributed by atoms with Crippen LogP contribution in [0, 0.1) is 13.7 Å². The summed E-state index contributed by atoms with van der Waals surface area (Å²) in [6.07, 6.45) is 1.73. The highest BCUT2D eigenvalue weighted by Gasteiger charge is 2.30. The number of nitro benzene ring substituents is 1. The number of rotatable bonds is 3. The first-order valence-corrected chi connectivity index (χ1v) is 7.33. The lowest BCUT2D eigenvalue weighted by molar-refractivity contribution is -0.384. The van der Waals surface area contributed by atoms with Crippen molar-refractivity contribution in [2.45, 2.75) is 25.3 Å². The summed E-state index contributed by atoms with van der Waals surface area (Å²) in [6.45, 7) is 3.10. The van der Waals surface area contributed by atoms with E-state index in [-0.39, 0.29) is 11.6 Å². The van der Waals surface area contributed by atoms with Gasteiger partial charge in [0.1, 0.15) is 0 Å². The minimum Gasteiger partial charge on any atom is -0.379 e. The number of ether oxygens (including phenoxy) is 1. The van der Waals surface area contributed by atoms with Crippen LogP contribution in [0.1, 0.15) is 30.1 Å². The maximum absolute atomic E-state index is 12.3. The van der Waals surface area contributed by atoms with Gasteiger partial charge in [0.2, 0.25) is 0 Å². The molecular weight excluding hydrogens is 375 g/mol. The molecule has 0 spiro atoms. The van der Waals surface area contributed by atoms with Crippen molar-refractivity contribution < 1.29 is 14.5 Å². The first-order valence-electron chi connectivity index (χ1n) is 6.25. The summed E-state index contributed by atoms with van der Waals surface area (Å²) in [5.41, 5.74) is -0.171. The Kier molecular flexibility index (Phi) is 4.59. The minimum absolute atomic E-state index is 0.0828. The average molecular weight is 390 g/mol. The Hall–Kier alpha value is -1.22. The molecule has 1 amide bonds. The third kappa shape index (κ3) is 3.45. The largest absolute Gasteiger partial charge is 0.379 e. The molecule has 6 nitrogen and oxygen atoms in total. The fourth-order valence-electron chi connectivity index (χ4n) is 2.17. The Morgan fingerprint density at radius 1 is 1.55 bits per heavy atom. The molecule has 1 fully saturated rings. The number of amides is 1. The van der Waals surface area contributed by atoms with E-state index in [0.717, 1.165) is 12.8 Å². The van der Waals surface area contributed by atoms with Crippen LogP contribution >= 0.6 is 22.6 Å². The highest BCUT2D eigenvalue weighted by Crippen LogP contribution is 2.22. The molecule has 1 atom stereocenters. The molecule has 0 aromatic heterocycles.